The lowest BCUT2D eigenvalue weighted by molar-refractivity contribution is -0.137. The van der Waals surface area contributed by atoms with Crippen LogP contribution in [0.4, 0.5) is 0 Å². The zero-order valence-corrected chi connectivity index (χ0v) is 9.86. The fourth-order valence-electron chi connectivity index (χ4n) is 1.26. The van der Waals surface area contributed by atoms with Gasteiger partial charge in [-0.15, -0.1) is 0 Å². The summed E-state index contributed by atoms with van der Waals surface area (Å²) < 4.78 is 4.61. The first kappa shape index (κ1) is 13.1. The molecular formula is C13H14O4. The topological polar surface area (TPSA) is 60.4 Å². The SMILES string of the molecule is CCCC(=O)OC(=O)c1ccc(C(C)=O)cc1. The predicted molar refractivity (Wildman–Crippen MR) is 61.8 cm³/mol. The van der Waals surface area contributed by atoms with Crippen molar-refractivity contribution in [3.05, 3.63) is 35.4 Å². The van der Waals surface area contributed by atoms with Crippen LogP contribution in [0.25, 0.3) is 0 Å². The Bertz CT molecular complexity index is 431. The summed E-state index contributed by atoms with van der Waals surface area (Å²) in [6, 6.07) is 6.00. The average Bonchev–Trinajstić information content (AvgIpc) is 2.29. The molecule has 1 aromatic carbocycles. The molecule has 1 rings (SSSR count). The van der Waals surface area contributed by atoms with Gasteiger partial charge in [-0.05, 0) is 25.5 Å². The van der Waals surface area contributed by atoms with Crippen LogP contribution in [0.3, 0.4) is 0 Å². The standard InChI is InChI=1S/C13H14O4/c1-3-4-12(15)17-13(16)11-7-5-10(6-8-11)9(2)14/h5-8H,3-4H2,1-2H3. The van der Waals surface area contributed by atoms with Crippen LogP contribution in [0.1, 0.15) is 47.4 Å². The third-order valence-electron chi connectivity index (χ3n) is 2.19. The van der Waals surface area contributed by atoms with Crippen LogP contribution in [-0.4, -0.2) is 17.7 Å². The van der Waals surface area contributed by atoms with Crippen molar-refractivity contribution in [2.75, 3.05) is 0 Å². The molecule has 4 heteroatoms. The molecule has 0 aromatic heterocycles. The van der Waals surface area contributed by atoms with Crippen LogP contribution in [0, 0.1) is 0 Å². The van der Waals surface area contributed by atoms with Crippen LogP contribution in [-0.2, 0) is 9.53 Å². The molecule has 0 amide bonds. The molecule has 0 aliphatic carbocycles. The maximum absolute atomic E-state index is 11.5. The summed E-state index contributed by atoms with van der Waals surface area (Å²) >= 11 is 0. The average molecular weight is 234 g/mol. The lowest BCUT2D eigenvalue weighted by atomic mass is 10.1. The van der Waals surface area contributed by atoms with Gasteiger partial charge in [-0.1, -0.05) is 19.1 Å². The summed E-state index contributed by atoms with van der Waals surface area (Å²) in [5, 5.41) is 0. The normalized spacial score (nSPS) is 9.76. The van der Waals surface area contributed by atoms with Crippen molar-refractivity contribution < 1.29 is 19.1 Å². The third kappa shape index (κ3) is 3.83. The summed E-state index contributed by atoms with van der Waals surface area (Å²) in [6.45, 7) is 3.27. The molecule has 0 aliphatic rings. The Balaban J connectivity index is 2.70. The fraction of sp³-hybridized carbons (Fsp3) is 0.308. The molecule has 0 heterocycles. The van der Waals surface area contributed by atoms with E-state index in [1.54, 1.807) is 0 Å². The van der Waals surface area contributed by atoms with Crippen molar-refractivity contribution in [1.29, 1.82) is 0 Å². The zero-order chi connectivity index (χ0) is 12.8. The number of Topliss-reactive ketones (excluding diaryl/α,β-unsaturated/α-hetero) is 1. The molecule has 17 heavy (non-hydrogen) atoms. The largest absolute Gasteiger partial charge is 0.389 e. The number of esters is 2. The van der Waals surface area contributed by atoms with Gasteiger partial charge in [0.15, 0.2) is 5.78 Å². The molecule has 0 unspecified atom stereocenters. The van der Waals surface area contributed by atoms with Gasteiger partial charge in [-0.3, -0.25) is 9.59 Å². The highest BCUT2D eigenvalue weighted by Crippen LogP contribution is 2.07. The molecule has 0 radical (unpaired) electrons. The van der Waals surface area contributed by atoms with E-state index in [4.69, 9.17) is 0 Å². The smallest absolute Gasteiger partial charge is 0.345 e. The van der Waals surface area contributed by atoms with E-state index in [0.717, 1.165) is 0 Å². The summed E-state index contributed by atoms with van der Waals surface area (Å²) in [4.78, 5) is 33.6. The molecule has 90 valence electrons. The molecule has 1 aromatic rings. The lowest BCUT2D eigenvalue weighted by Gasteiger charge is -2.02. The maximum Gasteiger partial charge on any atom is 0.345 e. The van der Waals surface area contributed by atoms with Crippen molar-refractivity contribution in [1.82, 2.24) is 0 Å². The van der Waals surface area contributed by atoms with E-state index in [-0.39, 0.29) is 17.8 Å². The fourth-order valence-corrected chi connectivity index (χ4v) is 1.26. The van der Waals surface area contributed by atoms with Gasteiger partial charge < -0.3 is 4.74 Å². The predicted octanol–water partition coefficient (Wildman–Crippen LogP) is 2.37. The number of ketones is 1. The number of rotatable bonds is 4. The van der Waals surface area contributed by atoms with Gasteiger partial charge in [-0.2, -0.15) is 0 Å². The highest BCUT2D eigenvalue weighted by atomic mass is 16.6. The maximum atomic E-state index is 11.5. The molecule has 0 aliphatic heterocycles. The molecule has 0 atom stereocenters. The van der Waals surface area contributed by atoms with Crippen LogP contribution >= 0.6 is 0 Å². The lowest BCUT2D eigenvalue weighted by Crippen LogP contribution is -2.12. The first-order valence-corrected chi connectivity index (χ1v) is 5.40. The number of carbonyl (C=O) groups is 3. The van der Waals surface area contributed by atoms with Crippen molar-refractivity contribution in [2.45, 2.75) is 26.7 Å². The number of ether oxygens (including phenoxy) is 1. The Morgan fingerprint density at radius 2 is 1.59 bits per heavy atom. The van der Waals surface area contributed by atoms with Gasteiger partial charge in [0.2, 0.25) is 0 Å². The van der Waals surface area contributed by atoms with Crippen molar-refractivity contribution >= 4 is 17.7 Å². The number of hydrogen-bond donors (Lipinski definition) is 0. The van der Waals surface area contributed by atoms with Gasteiger partial charge in [-0.25, -0.2) is 4.79 Å². The molecule has 0 fully saturated rings. The molecular weight excluding hydrogens is 220 g/mol. The Hall–Kier alpha value is -1.97. The van der Waals surface area contributed by atoms with Crippen molar-refractivity contribution in [3.63, 3.8) is 0 Å². The minimum atomic E-state index is -0.682. The van der Waals surface area contributed by atoms with E-state index in [2.05, 4.69) is 4.74 Å². The summed E-state index contributed by atoms with van der Waals surface area (Å²) in [5.41, 5.74) is 0.779. The van der Waals surface area contributed by atoms with Crippen LogP contribution in [0.5, 0.6) is 0 Å². The molecule has 4 nitrogen and oxygen atoms in total. The molecule has 0 N–H and O–H groups in total. The molecule has 0 bridgehead atoms. The summed E-state index contributed by atoms with van der Waals surface area (Å²) in [7, 11) is 0. The van der Waals surface area contributed by atoms with Crippen LogP contribution in [0.2, 0.25) is 0 Å². The second-order valence-corrected chi connectivity index (χ2v) is 3.65. The Morgan fingerprint density at radius 1 is 1.06 bits per heavy atom. The van der Waals surface area contributed by atoms with E-state index in [0.29, 0.717) is 12.0 Å². The van der Waals surface area contributed by atoms with Gasteiger partial charge in [0.05, 0.1) is 5.56 Å². The van der Waals surface area contributed by atoms with E-state index in [1.807, 2.05) is 6.92 Å². The van der Waals surface area contributed by atoms with E-state index in [9.17, 15) is 14.4 Å². The van der Waals surface area contributed by atoms with Gasteiger partial charge in [0.1, 0.15) is 0 Å². The number of carbonyl (C=O) groups excluding carboxylic acids is 3. The first-order valence-electron chi connectivity index (χ1n) is 5.40. The summed E-state index contributed by atoms with van der Waals surface area (Å²) in [5.74, 6) is -1.29. The Kier molecular flexibility index (Phi) is 4.57. The van der Waals surface area contributed by atoms with Crippen molar-refractivity contribution in [3.8, 4) is 0 Å². The highest BCUT2D eigenvalue weighted by Gasteiger charge is 2.12. The van der Waals surface area contributed by atoms with Gasteiger partial charge >= 0.3 is 11.9 Å². The van der Waals surface area contributed by atoms with Crippen LogP contribution < -0.4 is 0 Å². The minimum absolute atomic E-state index is 0.0769. The van der Waals surface area contributed by atoms with Gasteiger partial charge in [0.25, 0.3) is 0 Å². The zero-order valence-electron chi connectivity index (χ0n) is 9.86. The highest BCUT2D eigenvalue weighted by molar-refractivity contribution is 5.98. The number of benzene rings is 1. The molecule has 0 saturated heterocycles. The van der Waals surface area contributed by atoms with E-state index in [1.165, 1.54) is 31.2 Å². The van der Waals surface area contributed by atoms with Crippen LogP contribution in [0.15, 0.2) is 24.3 Å². The molecule has 0 spiro atoms. The first-order chi connectivity index (χ1) is 8.04. The monoisotopic (exact) mass is 234 g/mol. The second kappa shape index (κ2) is 5.94. The summed E-state index contributed by atoms with van der Waals surface area (Å²) in [6.07, 6.45) is 0.854. The number of hydrogen-bond acceptors (Lipinski definition) is 4. The Morgan fingerprint density at radius 3 is 2.06 bits per heavy atom. The second-order valence-electron chi connectivity index (χ2n) is 3.65. The van der Waals surface area contributed by atoms with Gasteiger partial charge in [0, 0.05) is 12.0 Å². The van der Waals surface area contributed by atoms with E-state index >= 15 is 0 Å². The van der Waals surface area contributed by atoms with Crippen molar-refractivity contribution in [2.24, 2.45) is 0 Å². The minimum Gasteiger partial charge on any atom is -0.389 e. The quantitative estimate of drug-likeness (QED) is 0.456. The third-order valence-corrected chi connectivity index (χ3v) is 2.19. The molecule has 0 saturated carbocycles. The Labute approximate surface area is 99.6 Å². The van der Waals surface area contributed by atoms with E-state index < -0.39 is 11.9 Å².